The van der Waals surface area contributed by atoms with Gasteiger partial charge in [-0.1, -0.05) is 12.1 Å². The third kappa shape index (κ3) is 4.70. The summed E-state index contributed by atoms with van der Waals surface area (Å²) in [5.74, 6) is 0.0452. The van der Waals surface area contributed by atoms with Gasteiger partial charge in [0.25, 0.3) is 0 Å². The Morgan fingerprint density at radius 3 is 2.90 bits per heavy atom. The number of para-hydroxylation sites is 1. The number of benzene rings is 1. The van der Waals surface area contributed by atoms with Gasteiger partial charge in [0, 0.05) is 19.1 Å². The number of carbonyl (C=O) groups is 1. The molecule has 2 N–H and O–H groups in total. The third-order valence-electron chi connectivity index (χ3n) is 3.95. The molecule has 1 saturated heterocycles. The van der Waals surface area contributed by atoms with Crippen LogP contribution < -0.4 is 10.6 Å². The van der Waals surface area contributed by atoms with Gasteiger partial charge < -0.3 is 15.5 Å². The minimum atomic E-state index is -0.420. The van der Waals surface area contributed by atoms with Gasteiger partial charge in [-0.05, 0) is 51.3 Å². The minimum Gasteiger partial charge on any atom is -0.338 e. The molecule has 0 radical (unpaired) electrons. The van der Waals surface area contributed by atoms with E-state index >= 15 is 0 Å². The molecule has 0 aliphatic carbocycles. The first-order chi connectivity index (χ1) is 10.1. The van der Waals surface area contributed by atoms with Crippen molar-refractivity contribution in [3.63, 3.8) is 0 Å². The number of anilines is 1. The summed E-state index contributed by atoms with van der Waals surface area (Å²) in [7, 11) is 0. The van der Waals surface area contributed by atoms with Crippen LogP contribution >= 0.6 is 0 Å². The lowest BCUT2D eigenvalue weighted by molar-refractivity contribution is 0.139. The lowest BCUT2D eigenvalue weighted by Gasteiger charge is -2.35. The van der Waals surface area contributed by atoms with E-state index in [4.69, 9.17) is 0 Å². The first-order valence-corrected chi connectivity index (χ1v) is 7.59. The van der Waals surface area contributed by atoms with Crippen molar-refractivity contribution in [2.75, 3.05) is 25.0 Å². The zero-order valence-electron chi connectivity index (χ0n) is 12.7. The van der Waals surface area contributed by atoms with Crippen LogP contribution in [0.15, 0.2) is 24.3 Å². The average molecular weight is 293 g/mol. The zero-order valence-corrected chi connectivity index (χ0v) is 12.7. The number of amides is 2. The summed E-state index contributed by atoms with van der Waals surface area (Å²) in [6, 6.07) is 6.37. The zero-order chi connectivity index (χ0) is 15.2. The number of urea groups is 1. The largest absolute Gasteiger partial charge is 0.338 e. The SMILES string of the molecule is CC(C)N1CCC[C@H](CNC(=O)Nc2ccccc2F)C1. The highest BCUT2D eigenvalue weighted by molar-refractivity contribution is 5.89. The monoisotopic (exact) mass is 293 g/mol. The van der Waals surface area contributed by atoms with E-state index in [-0.39, 0.29) is 11.7 Å². The Labute approximate surface area is 125 Å². The van der Waals surface area contributed by atoms with Gasteiger partial charge in [-0.15, -0.1) is 0 Å². The van der Waals surface area contributed by atoms with Crippen LogP contribution in [-0.4, -0.2) is 36.6 Å². The van der Waals surface area contributed by atoms with Crippen LogP contribution in [0.3, 0.4) is 0 Å². The van der Waals surface area contributed by atoms with Crippen molar-refractivity contribution in [1.29, 1.82) is 0 Å². The Balaban J connectivity index is 1.77. The van der Waals surface area contributed by atoms with Gasteiger partial charge >= 0.3 is 6.03 Å². The van der Waals surface area contributed by atoms with Gasteiger partial charge in [-0.2, -0.15) is 0 Å². The number of likely N-dealkylation sites (tertiary alicyclic amines) is 1. The van der Waals surface area contributed by atoms with E-state index in [1.807, 2.05) is 0 Å². The van der Waals surface area contributed by atoms with E-state index in [9.17, 15) is 9.18 Å². The number of carbonyl (C=O) groups excluding carboxylic acids is 1. The Hall–Kier alpha value is -1.62. The molecule has 4 nitrogen and oxygen atoms in total. The fourth-order valence-corrected chi connectivity index (χ4v) is 2.70. The minimum absolute atomic E-state index is 0.211. The summed E-state index contributed by atoms with van der Waals surface area (Å²) < 4.78 is 13.4. The normalized spacial score (nSPS) is 19.5. The number of piperidine rings is 1. The molecule has 0 saturated carbocycles. The molecule has 1 aromatic carbocycles. The molecule has 0 aromatic heterocycles. The Kier molecular flexibility index (Phi) is 5.56. The molecule has 1 aliphatic rings. The molecule has 1 atom stereocenters. The third-order valence-corrected chi connectivity index (χ3v) is 3.95. The van der Waals surface area contributed by atoms with Crippen molar-refractivity contribution < 1.29 is 9.18 Å². The van der Waals surface area contributed by atoms with Crippen molar-refractivity contribution in [1.82, 2.24) is 10.2 Å². The molecule has 116 valence electrons. The summed E-state index contributed by atoms with van der Waals surface area (Å²) in [6.45, 7) is 7.16. The highest BCUT2D eigenvalue weighted by Crippen LogP contribution is 2.18. The van der Waals surface area contributed by atoms with Crippen LogP contribution in [0.5, 0.6) is 0 Å². The highest BCUT2D eigenvalue weighted by Gasteiger charge is 2.21. The number of nitrogens with zero attached hydrogens (tertiary/aromatic N) is 1. The highest BCUT2D eigenvalue weighted by atomic mass is 19.1. The van der Waals surface area contributed by atoms with E-state index in [0.717, 1.165) is 19.5 Å². The summed E-state index contributed by atoms with van der Waals surface area (Å²) in [6.07, 6.45) is 2.29. The average Bonchev–Trinajstić information content (AvgIpc) is 2.48. The molecule has 2 amide bonds. The van der Waals surface area contributed by atoms with Crippen molar-refractivity contribution in [2.24, 2.45) is 5.92 Å². The van der Waals surface area contributed by atoms with Crippen LogP contribution in [-0.2, 0) is 0 Å². The molecular weight excluding hydrogens is 269 g/mol. The predicted octanol–water partition coefficient (Wildman–Crippen LogP) is 3.07. The van der Waals surface area contributed by atoms with Crippen LogP contribution in [0.25, 0.3) is 0 Å². The van der Waals surface area contributed by atoms with E-state index < -0.39 is 5.82 Å². The number of nitrogens with one attached hydrogen (secondary N) is 2. The predicted molar refractivity (Wildman–Crippen MR) is 82.9 cm³/mol. The molecular formula is C16H24FN3O. The quantitative estimate of drug-likeness (QED) is 0.896. The topological polar surface area (TPSA) is 44.4 Å². The second-order valence-corrected chi connectivity index (χ2v) is 5.91. The molecule has 0 unspecified atom stereocenters. The van der Waals surface area contributed by atoms with Gasteiger partial charge in [0.1, 0.15) is 5.82 Å². The van der Waals surface area contributed by atoms with E-state index in [1.54, 1.807) is 18.2 Å². The molecule has 1 aliphatic heterocycles. The smallest absolute Gasteiger partial charge is 0.319 e. The maximum Gasteiger partial charge on any atom is 0.319 e. The van der Waals surface area contributed by atoms with Crippen LogP contribution in [0.2, 0.25) is 0 Å². The van der Waals surface area contributed by atoms with Crippen molar-refractivity contribution in [2.45, 2.75) is 32.7 Å². The standard InChI is InChI=1S/C16H24FN3O/c1-12(2)20-9-5-6-13(11-20)10-18-16(21)19-15-8-4-3-7-14(15)17/h3-4,7-8,12-13H,5-6,9-11H2,1-2H3,(H2,18,19,21)/t13-/m1/s1. The van der Waals surface area contributed by atoms with E-state index in [2.05, 4.69) is 29.4 Å². The van der Waals surface area contributed by atoms with Gasteiger partial charge in [-0.3, -0.25) is 0 Å². The second-order valence-electron chi connectivity index (χ2n) is 5.91. The van der Waals surface area contributed by atoms with Crippen LogP contribution in [0.1, 0.15) is 26.7 Å². The summed E-state index contributed by atoms with van der Waals surface area (Å²) >= 11 is 0. The van der Waals surface area contributed by atoms with Crippen molar-refractivity contribution in [3.8, 4) is 0 Å². The van der Waals surface area contributed by atoms with Gasteiger partial charge in [-0.25, -0.2) is 9.18 Å². The second kappa shape index (κ2) is 7.41. The molecule has 1 heterocycles. The maximum atomic E-state index is 13.4. The first-order valence-electron chi connectivity index (χ1n) is 7.59. The molecule has 0 bridgehead atoms. The summed E-state index contributed by atoms with van der Waals surface area (Å²) in [5.41, 5.74) is 0.211. The molecule has 2 rings (SSSR count). The molecule has 1 fully saturated rings. The van der Waals surface area contributed by atoms with Crippen molar-refractivity contribution >= 4 is 11.7 Å². The number of hydrogen-bond donors (Lipinski definition) is 2. The lowest BCUT2D eigenvalue weighted by atomic mass is 9.97. The van der Waals surface area contributed by atoms with E-state index in [1.165, 1.54) is 12.5 Å². The lowest BCUT2D eigenvalue weighted by Crippen LogP contribution is -2.44. The Bertz CT molecular complexity index is 478. The van der Waals surface area contributed by atoms with Gasteiger partial charge in [0.05, 0.1) is 5.69 Å². The van der Waals surface area contributed by atoms with Gasteiger partial charge in [0.15, 0.2) is 0 Å². The number of rotatable bonds is 4. The van der Waals surface area contributed by atoms with Crippen molar-refractivity contribution in [3.05, 3.63) is 30.1 Å². The maximum absolute atomic E-state index is 13.4. The van der Waals surface area contributed by atoms with Gasteiger partial charge in [0.2, 0.25) is 0 Å². The summed E-state index contributed by atoms with van der Waals surface area (Å²) in [4.78, 5) is 14.3. The number of hydrogen-bond acceptors (Lipinski definition) is 2. The molecule has 21 heavy (non-hydrogen) atoms. The number of halogens is 1. The van der Waals surface area contributed by atoms with Crippen LogP contribution in [0.4, 0.5) is 14.9 Å². The van der Waals surface area contributed by atoms with Crippen LogP contribution in [0, 0.1) is 11.7 Å². The first kappa shape index (κ1) is 15.8. The fraction of sp³-hybridized carbons (Fsp3) is 0.562. The molecule has 0 spiro atoms. The molecule has 5 heteroatoms. The summed E-state index contributed by atoms with van der Waals surface area (Å²) in [5, 5.41) is 5.39. The van der Waals surface area contributed by atoms with E-state index in [0.29, 0.717) is 18.5 Å². The fourth-order valence-electron chi connectivity index (χ4n) is 2.70. The Morgan fingerprint density at radius 2 is 2.19 bits per heavy atom. The molecule has 1 aromatic rings. The Morgan fingerprint density at radius 1 is 1.43 bits per heavy atom.